The Balaban J connectivity index is 1.76. The van der Waals surface area contributed by atoms with Crippen LogP contribution in [-0.2, 0) is 11.3 Å². The zero-order valence-corrected chi connectivity index (χ0v) is 11.9. The van der Waals surface area contributed by atoms with Crippen molar-refractivity contribution >= 4 is 0 Å². The minimum absolute atomic E-state index is 0.143. The maximum absolute atomic E-state index is 6.16. The van der Waals surface area contributed by atoms with Gasteiger partial charge in [0, 0.05) is 24.9 Å². The second kappa shape index (κ2) is 5.25. The van der Waals surface area contributed by atoms with Gasteiger partial charge in [-0.2, -0.15) is 5.10 Å². The third kappa shape index (κ3) is 2.56. The van der Waals surface area contributed by atoms with Crippen molar-refractivity contribution in [2.45, 2.75) is 70.1 Å². The Morgan fingerprint density at radius 3 is 2.89 bits per heavy atom. The Kier molecular flexibility index (Phi) is 3.63. The largest absolute Gasteiger partial charge is 0.375 e. The smallest absolute Gasteiger partial charge is 0.0703 e. The Morgan fingerprint density at radius 2 is 2.21 bits per heavy atom. The number of rotatable bonds is 2. The molecule has 2 fully saturated rings. The molecule has 3 rings (SSSR count). The lowest BCUT2D eigenvalue weighted by molar-refractivity contribution is -0.115. The summed E-state index contributed by atoms with van der Waals surface area (Å²) in [4.78, 5) is 0. The maximum Gasteiger partial charge on any atom is 0.0703 e. The van der Waals surface area contributed by atoms with Crippen LogP contribution in [0.4, 0.5) is 0 Å². The molecule has 2 N–H and O–H groups in total. The lowest BCUT2D eigenvalue weighted by Crippen LogP contribution is -2.42. The van der Waals surface area contributed by atoms with E-state index in [1.807, 2.05) is 6.92 Å². The molecule has 19 heavy (non-hydrogen) atoms. The standard InChI is InChI=1S/C15H25N3O/c1-12-13(10-16)11-18(17-12)14-5-8-19-15(9-14)6-3-2-4-7-15/h11,14H,2-10,16H2,1H3. The quantitative estimate of drug-likeness (QED) is 0.892. The molecule has 1 spiro atoms. The van der Waals surface area contributed by atoms with E-state index in [0.29, 0.717) is 12.6 Å². The molecule has 1 aromatic heterocycles. The molecular formula is C15H25N3O. The van der Waals surface area contributed by atoms with Crippen molar-refractivity contribution in [3.63, 3.8) is 0 Å². The average molecular weight is 263 g/mol. The van der Waals surface area contributed by atoms with Crippen molar-refractivity contribution in [2.75, 3.05) is 6.61 Å². The van der Waals surface area contributed by atoms with Gasteiger partial charge in [-0.15, -0.1) is 0 Å². The number of aromatic nitrogens is 2. The fourth-order valence-corrected chi connectivity index (χ4v) is 3.68. The normalized spacial score (nSPS) is 26.7. The number of nitrogens with two attached hydrogens (primary N) is 1. The molecule has 1 saturated heterocycles. The van der Waals surface area contributed by atoms with E-state index in [2.05, 4.69) is 16.0 Å². The van der Waals surface area contributed by atoms with Gasteiger partial charge in [0.25, 0.3) is 0 Å². The highest BCUT2D eigenvalue weighted by molar-refractivity contribution is 5.15. The van der Waals surface area contributed by atoms with Crippen LogP contribution in [0.25, 0.3) is 0 Å². The molecule has 1 saturated carbocycles. The topological polar surface area (TPSA) is 53.1 Å². The third-order valence-corrected chi connectivity index (χ3v) is 4.84. The van der Waals surface area contributed by atoms with E-state index in [-0.39, 0.29) is 5.60 Å². The molecule has 0 radical (unpaired) electrons. The summed E-state index contributed by atoms with van der Waals surface area (Å²) < 4.78 is 8.30. The molecule has 2 aliphatic rings. The van der Waals surface area contributed by atoms with Crippen molar-refractivity contribution < 1.29 is 4.74 Å². The van der Waals surface area contributed by atoms with Crippen molar-refractivity contribution in [2.24, 2.45) is 5.73 Å². The number of ether oxygens (including phenoxy) is 1. The molecule has 0 amide bonds. The summed E-state index contributed by atoms with van der Waals surface area (Å²) in [6, 6.07) is 0.492. The molecule has 2 heterocycles. The van der Waals surface area contributed by atoms with Gasteiger partial charge in [-0.05, 0) is 32.6 Å². The van der Waals surface area contributed by atoms with Gasteiger partial charge in [-0.1, -0.05) is 19.3 Å². The van der Waals surface area contributed by atoms with E-state index >= 15 is 0 Å². The van der Waals surface area contributed by atoms with Crippen LogP contribution >= 0.6 is 0 Å². The molecule has 0 bridgehead atoms. The average Bonchev–Trinajstić information content (AvgIpc) is 2.81. The molecule has 1 aromatic rings. The van der Waals surface area contributed by atoms with Crippen LogP contribution in [0, 0.1) is 6.92 Å². The summed E-state index contributed by atoms with van der Waals surface area (Å²) in [6.45, 7) is 3.51. The van der Waals surface area contributed by atoms with Gasteiger partial charge < -0.3 is 10.5 Å². The van der Waals surface area contributed by atoms with Crippen LogP contribution < -0.4 is 5.73 Å². The first-order chi connectivity index (χ1) is 9.22. The van der Waals surface area contributed by atoms with Crippen LogP contribution in [0.1, 0.15) is 62.2 Å². The van der Waals surface area contributed by atoms with Crippen molar-refractivity contribution in [1.82, 2.24) is 9.78 Å². The lowest BCUT2D eigenvalue weighted by Gasteiger charge is -2.43. The first-order valence-corrected chi connectivity index (χ1v) is 7.61. The first-order valence-electron chi connectivity index (χ1n) is 7.61. The Morgan fingerprint density at radius 1 is 1.42 bits per heavy atom. The minimum atomic E-state index is 0.143. The molecule has 1 aliphatic heterocycles. The zero-order valence-electron chi connectivity index (χ0n) is 11.9. The summed E-state index contributed by atoms with van der Waals surface area (Å²) in [6.07, 6.45) is 10.8. The first kappa shape index (κ1) is 13.1. The van der Waals surface area contributed by atoms with E-state index in [9.17, 15) is 0 Å². The number of aryl methyl sites for hydroxylation is 1. The van der Waals surface area contributed by atoms with Crippen molar-refractivity contribution in [3.05, 3.63) is 17.5 Å². The van der Waals surface area contributed by atoms with Gasteiger partial charge in [0.1, 0.15) is 0 Å². The van der Waals surface area contributed by atoms with E-state index < -0.39 is 0 Å². The van der Waals surface area contributed by atoms with Crippen LogP contribution in [0.2, 0.25) is 0 Å². The summed E-state index contributed by atoms with van der Waals surface area (Å²) in [5.41, 5.74) is 8.14. The molecular weight excluding hydrogens is 238 g/mol. The summed E-state index contributed by atoms with van der Waals surface area (Å²) in [5, 5.41) is 4.66. The zero-order chi connectivity index (χ0) is 13.3. The summed E-state index contributed by atoms with van der Waals surface area (Å²) >= 11 is 0. The van der Waals surface area contributed by atoms with Gasteiger partial charge in [-0.25, -0.2) is 0 Å². The van der Waals surface area contributed by atoms with Gasteiger partial charge in [-0.3, -0.25) is 4.68 Å². The molecule has 1 aliphatic carbocycles. The van der Waals surface area contributed by atoms with Crippen molar-refractivity contribution in [1.29, 1.82) is 0 Å². The molecule has 106 valence electrons. The monoisotopic (exact) mass is 263 g/mol. The Bertz CT molecular complexity index is 429. The van der Waals surface area contributed by atoms with E-state index in [0.717, 1.165) is 25.1 Å². The van der Waals surface area contributed by atoms with Crippen LogP contribution in [0.3, 0.4) is 0 Å². The van der Waals surface area contributed by atoms with Crippen LogP contribution in [0.5, 0.6) is 0 Å². The second-order valence-corrected chi connectivity index (χ2v) is 6.16. The van der Waals surface area contributed by atoms with Gasteiger partial charge in [0.2, 0.25) is 0 Å². The molecule has 1 atom stereocenters. The lowest BCUT2D eigenvalue weighted by atomic mass is 9.78. The Labute approximate surface area is 115 Å². The highest BCUT2D eigenvalue weighted by atomic mass is 16.5. The number of hydrogen-bond donors (Lipinski definition) is 1. The highest BCUT2D eigenvalue weighted by Crippen LogP contribution is 2.42. The van der Waals surface area contributed by atoms with Gasteiger partial charge in [0.15, 0.2) is 0 Å². The van der Waals surface area contributed by atoms with E-state index in [1.165, 1.54) is 37.7 Å². The fraction of sp³-hybridized carbons (Fsp3) is 0.800. The van der Waals surface area contributed by atoms with Crippen LogP contribution in [-0.4, -0.2) is 22.0 Å². The molecule has 4 heteroatoms. The molecule has 1 unspecified atom stereocenters. The SMILES string of the molecule is Cc1nn(C2CCOC3(CCCCC3)C2)cc1CN. The molecule has 0 aromatic carbocycles. The summed E-state index contributed by atoms with van der Waals surface area (Å²) in [7, 11) is 0. The van der Waals surface area contributed by atoms with Crippen LogP contribution in [0.15, 0.2) is 6.20 Å². The number of nitrogens with zero attached hydrogens (tertiary/aromatic N) is 2. The highest BCUT2D eigenvalue weighted by Gasteiger charge is 2.39. The number of hydrogen-bond acceptors (Lipinski definition) is 3. The van der Waals surface area contributed by atoms with E-state index in [1.54, 1.807) is 0 Å². The summed E-state index contributed by atoms with van der Waals surface area (Å²) in [5.74, 6) is 0. The van der Waals surface area contributed by atoms with Gasteiger partial charge >= 0.3 is 0 Å². The maximum atomic E-state index is 6.16. The Hall–Kier alpha value is -0.870. The van der Waals surface area contributed by atoms with E-state index in [4.69, 9.17) is 10.5 Å². The predicted molar refractivity (Wildman–Crippen MR) is 74.9 cm³/mol. The van der Waals surface area contributed by atoms with Crippen molar-refractivity contribution in [3.8, 4) is 0 Å². The second-order valence-electron chi connectivity index (χ2n) is 6.16. The minimum Gasteiger partial charge on any atom is -0.375 e. The molecule has 4 nitrogen and oxygen atoms in total. The third-order valence-electron chi connectivity index (χ3n) is 4.84. The predicted octanol–water partition coefficient (Wildman–Crippen LogP) is 2.70. The fourth-order valence-electron chi connectivity index (χ4n) is 3.68. The van der Waals surface area contributed by atoms with Gasteiger partial charge in [0.05, 0.1) is 17.3 Å².